The highest BCUT2D eigenvalue weighted by Gasteiger charge is 2.30. The average Bonchev–Trinajstić information content (AvgIpc) is 2.77. The molecule has 19 heavy (non-hydrogen) atoms. The Hall–Kier alpha value is -1.56. The zero-order valence-electron chi connectivity index (χ0n) is 10.2. The molecular weight excluding hydrogens is 312 g/mol. The number of amides is 1. The third kappa shape index (κ3) is 3.26. The van der Waals surface area contributed by atoms with Crippen molar-refractivity contribution in [1.82, 2.24) is 5.32 Å². The Labute approximate surface area is 119 Å². The van der Waals surface area contributed by atoms with Gasteiger partial charge in [-0.05, 0) is 37.5 Å². The number of carboxylic acids is 1. The molecule has 4 N–H and O–H groups in total. The van der Waals surface area contributed by atoms with Gasteiger partial charge >= 0.3 is 5.97 Å². The quantitative estimate of drug-likeness (QED) is 0.741. The van der Waals surface area contributed by atoms with E-state index in [0.29, 0.717) is 30.5 Å². The SMILES string of the molecule is Nc1cc(Br)ccc1C(=O)NC1CCC(C(=O)O)C1. The van der Waals surface area contributed by atoms with Crippen LogP contribution in [0.1, 0.15) is 29.6 Å². The number of rotatable bonds is 3. The van der Waals surface area contributed by atoms with Crippen LogP contribution >= 0.6 is 15.9 Å². The van der Waals surface area contributed by atoms with E-state index in [4.69, 9.17) is 10.8 Å². The van der Waals surface area contributed by atoms with Crippen LogP contribution in [0.4, 0.5) is 5.69 Å². The number of nitrogens with two attached hydrogens (primary N) is 1. The van der Waals surface area contributed by atoms with Gasteiger partial charge in [-0.3, -0.25) is 9.59 Å². The molecule has 1 amide bonds. The summed E-state index contributed by atoms with van der Waals surface area (Å²) in [6.07, 6.45) is 1.78. The standard InChI is InChI=1S/C13H15BrN2O3/c14-8-2-4-10(11(15)6-8)12(17)16-9-3-1-7(5-9)13(18)19/h2,4,6-7,9H,1,3,5,15H2,(H,16,17)(H,18,19). The summed E-state index contributed by atoms with van der Waals surface area (Å²) in [7, 11) is 0. The first kappa shape index (κ1) is 13.9. The summed E-state index contributed by atoms with van der Waals surface area (Å²) < 4.78 is 0.813. The second kappa shape index (κ2) is 5.61. The van der Waals surface area contributed by atoms with Crippen molar-refractivity contribution >= 4 is 33.5 Å². The van der Waals surface area contributed by atoms with E-state index in [1.54, 1.807) is 18.2 Å². The van der Waals surface area contributed by atoms with Gasteiger partial charge < -0.3 is 16.2 Å². The van der Waals surface area contributed by atoms with E-state index in [-0.39, 0.29) is 17.9 Å². The lowest BCUT2D eigenvalue weighted by Crippen LogP contribution is -2.33. The minimum atomic E-state index is -0.792. The molecule has 0 aromatic heterocycles. The summed E-state index contributed by atoms with van der Waals surface area (Å²) in [4.78, 5) is 22.9. The first-order chi connectivity index (χ1) is 8.97. The highest BCUT2D eigenvalue weighted by Crippen LogP contribution is 2.26. The second-order valence-electron chi connectivity index (χ2n) is 4.75. The predicted molar refractivity (Wildman–Crippen MR) is 74.8 cm³/mol. The van der Waals surface area contributed by atoms with E-state index in [1.165, 1.54) is 0 Å². The fraction of sp³-hybridized carbons (Fsp3) is 0.385. The number of anilines is 1. The van der Waals surface area contributed by atoms with Crippen molar-refractivity contribution in [2.45, 2.75) is 25.3 Å². The maximum Gasteiger partial charge on any atom is 0.306 e. The van der Waals surface area contributed by atoms with Crippen LogP contribution in [-0.4, -0.2) is 23.0 Å². The number of aliphatic carboxylic acids is 1. The average molecular weight is 327 g/mol. The van der Waals surface area contributed by atoms with Gasteiger partial charge in [0.1, 0.15) is 0 Å². The molecule has 1 aliphatic rings. The maximum atomic E-state index is 12.1. The fourth-order valence-electron chi connectivity index (χ4n) is 2.34. The first-order valence-corrected chi connectivity index (χ1v) is 6.85. The summed E-state index contributed by atoms with van der Waals surface area (Å²) in [5.74, 6) is -1.39. The minimum absolute atomic E-state index is 0.0864. The number of carboxylic acid groups (broad SMARTS) is 1. The molecule has 2 rings (SSSR count). The van der Waals surface area contributed by atoms with Crippen molar-refractivity contribution in [2.75, 3.05) is 5.73 Å². The van der Waals surface area contributed by atoms with E-state index in [9.17, 15) is 9.59 Å². The van der Waals surface area contributed by atoms with Gasteiger partial charge in [0.05, 0.1) is 11.5 Å². The summed E-state index contributed by atoms with van der Waals surface area (Å²) in [6.45, 7) is 0. The molecular formula is C13H15BrN2O3. The van der Waals surface area contributed by atoms with Gasteiger partial charge in [0, 0.05) is 16.2 Å². The van der Waals surface area contributed by atoms with Crippen LogP contribution in [0.5, 0.6) is 0 Å². The van der Waals surface area contributed by atoms with E-state index in [2.05, 4.69) is 21.2 Å². The monoisotopic (exact) mass is 326 g/mol. The van der Waals surface area contributed by atoms with Crippen LogP contribution in [0, 0.1) is 5.92 Å². The van der Waals surface area contributed by atoms with E-state index in [0.717, 1.165) is 4.47 Å². The predicted octanol–water partition coefficient (Wildman–Crippen LogP) is 2.01. The van der Waals surface area contributed by atoms with Gasteiger partial charge in [0.15, 0.2) is 0 Å². The van der Waals surface area contributed by atoms with Crippen molar-refractivity contribution in [1.29, 1.82) is 0 Å². The van der Waals surface area contributed by atoms with Gasteiger partial charge in [-0.25, -0.2) is 0 Å². The third-order valence-corrected chi connectivity index (χ3v) is 3.87. The second-order valence-corrected chi connectivity index (χ2v) is 5.67. The summed E-state index contributed by atoms with van der Waals surface area (Å²) >= 11 is 3.28. The summed E-state index contributed by atoms with van der Waals surface area (Å²) in [5.41, 5.74) is 6.61. The lowest BCUT2D eigenvalue weighted by atomic mass is 10.1. The Morgan fingerprint density at radius 2 is 2.11 bits per heavy atom. The molecule has 1 saturated carbocycles. The Morgan fingerprint density at radius 1 is 1.37 bits per heavy atom. The lowest BCUT2D eigenvalue weighted by Gasteiger charge is -2.13. The molecule has 0 radical (unpaired) electrons. The molecule has 0 heterocycles. The molecule has 1 aromatic rings. The van der Waals surface area contributed by atoms with E-state index >= 15 is 0 Å². The Kier molecular flexibility index (Phi) is 4.09. The van der Waals surface area contributed by atoms with Crippen LogP contribution in [0.25, 0.3) is 0 Å². The van der Waals surface area contributed by atoms with Crippen molar-refractivity contribution in [2.24, 2.45) is 5.92 Å². The van der Waals surface area contributed by atoms with Gasteiger partial charge in [-0.2, -0.15) is 0 Å². The van der Waals surface area contributed by atoms with Crippen LogP contribution in [0.15, 0.2) is 22.7 Å². The molecule has 0 spiro atoms. The number of halogens is 1. The Morgan fingerprint density at radius 3 is 2.68 bits per heavy atom. The molecule has 1 fully saturated rings. The van der Waals surface area contributed by atoms with Gasteiger partial charge in [0.2, 0.25) is 0 Å². The molecule has 1 aliphatic carbocycles. The zero-order chi connectivity index (χ0) is 14.0. The number of carbonyl (C=O) groups is 2. The molecule has 5 nitrogen and oxygen atoms in total. The van der Waals surface area contributed by atoms with Crippen molar-refractivity contribution in [3.05, 3.63) is 28.2 Å². The topological polar surface area (TPSA) is 92.4 Å². The summed E-state index contributed by atoms with van der Waals surface area (Å²) in [6, 6.07) is 4.98. The molecule has 0 bridgehead atoms. The smallest absolute Gasteiger partial charge is 0.306 e. The van der Waals surface area contributed by atoms with Gasteiger partial charge in [-0.1, -0.05) is 15.9 Å². The number of nitrogens with one attached hydrogen (secondary N) is 1. The number of nitrogen functional groups attached to an aromatic ring is 1. The highest BCUT2D eigenvalue weighted by molar-refractivity contribution is 9.10. The van der Waals surface area contributed by atoms with Crippen molar-refractivity contribution in [3.8, 4) is 0 Å². The highest BCUT2D eigenvalue weighted by atomic mass is 79.9. The van der Waals surface area contributed by atoms with Crippen LogP contribution in [-0.2, 0) is 4.79 Å². The Bertz CT molecular complexity index is 519. The number of carbonyl (C=O) groups excluding carboxylic acids is 1. The van der Waals surface area contributed by atoms with Crippen LogP contribution in [0.3, 0.4) is 0 Å². The minimum Gasteiger partial charge on any atom is -0.481 e. The molecule has 2 atom stereocenters. The molecule has 0 aliphatic heterocycles. The molecule has 1 aromatic carbocycles. The maximum absolute atomic E-state index is 12.1. The lowest BCUT2D eigenvalue weighted by molar-refractivity contribution is -0.141. The van der Waals surface area contributed by atoms with Gasteiger partial charge in [0.25, 0.3) is 5.91 Å². The van der Waals surface area contributed by atoms with Crippen molar-refractivity contribution in [3.63, 3.8) is 0 Å². The number of hydrogen-bond acceptors (Lipinski definition) is 3. The normalized spacial score (nSPS) is 22.2. The number of hydrogen-bond donors (Lipinski definition) is 3. The van der Waals surface area contributed by atoms with Crippen LogP contribution in [0.2, 0.25) is 0 Å². The molecule has 102 valence electrons. The Balaban J connectivity index is 2.00. The van der Waals surface area contributed by atoms with Gasteiger partial charge in [-0.15, -0.1) is 0 Å². The first-order valence-electron chi connectivity index (χ1n) is 6.06. The van der Waals surface area contributed by atoms with E-state index < -0.39 is 5.97 Å². The largest absolute Gasteiger partial charge is 0.481 e. The van der Waals surface area contributed by atoms with Crippen molar-refractivity contribution < 1.29 is 14.7 Å². The number of benzene rings is 1. The summed E-state index contributed by atoms with van der Waals surface area (Å²) in [5, 5.41) is 11.8. The zero-order valence-corrected chi connectivity index (χ0v) is 11.8. The molecule has 0 saturated heterocycles. The molecule has 2 unspecified atom stereocenters. The third-order valence-electron chi connectivity index (χ3n) is 3.38. The van der Waals surface area contributed by atoms with E-state index in [1.807, 2.05) is 0 Å². The molecule has 6 heteroatoms. The fourth-order valence-corrected chi connectivity index (χ4v) is 2.72. The van der Waals surface area contributed by atoms with Crippen LogP contribution < -0.4 is 11.1 Å².